The molecule has 5 nitrogen and oxygen atoms in total. The lowest BCUT2D eigenvalue weighted by Crippen LogP contribution is -2.40. The van der Waals surface area contributed by atoms with Crippen LogP contribution in [0.15, 0.2) is 23.6 Å². The number of thiophene rings is 1. The van der Waals surface area contributed by atoms with Crippen LogP contribution in [0.3, 0.4) is 0 Å². The van der Waals surface area contributed by atoms with Gasteiger partial charge in [0.2, 0.25) is 0 Å². The van der Waals surface area contributed by atoms with E-state index in [-0.39, 0.29) is 5.91 Å². The molecule has 3 heterocycles. The van der Waals surface area contributed by atoms with E-state index in [0.29, 0.717) is 18.3 Å². The molecule has 6 heteroatoms. The Kier molecular flexibility index (Phi) is 4.59. The Morgan fingerprint density at radius 3 is 3.14 bits per heavy atom. The molecule has 0 saturated carbocycles. The number of aromatic nitrogens is 2. The highest BCUT2D eigenvalue weighted by molar-refractivity contribution is 7.13. The minimum absolute atomic E-state index is 0.0410. The van der Waals surface area contributed by atoms with Crippen LogP contribution >= 0.6 is 11.3 Å². The molecule has 1 N–H and O–H groups in total. The van der Waals surface area contributed by atoms with Crippen LogP contribution in [-0.4, -0.2) is 46.3 Å². The molecule has 0 spiro atoms. The Balaban J connectivity index is 1.65. The molecule has 1 aliphatic heterocycles. The molecule has 1 amide bonds. The Labute approximate surface area is 134 Å². The van der Waals surface area contributed by atoms with E-state index in [4.69, 9.17) is 0 Å². The molecule has 118 valence electrons. The monoisotopic (exact) mass is 318 g/mol. The second kappa shape index (κ2) is 6.62. The van der Waals surface area contributed by atoms with Crippen molar-refractivity contribution in [2.45, 2.75) is 25.8 Å². The predicted octanol–water partition coefficient (Wildman–Crippen LogP) is 2.36. The number of amides is 1. The van der Waals surface area contributed by atoms with Crippen molar-refractivity contribution in [3.8, 4) is 10.6 Å². The molecule has 2 aromatic rings. The molecule has 0 aliphatic carbocycles. The summed E-state index contributed by atoms with van der Waals surface area (Å²) in [5.41, 5.74) is 1.48. The molecule has 2 aromatic heterocycles. The number of carbonyl (C=O) groups is 1. The topological polar surface area (TPSA) is 50.2 Å². The zero-order valence-corrected chi connectivity index (χ0v) is 13.9. The summed E-state index contributed by atoms with van der Waals surface area (Å²) in [6, 6.07) is 6.35. The van der Waals surface area contributed by atoms with E-state index in [1.54, 1.807) is 16.0 Å². The fourth-order valence-electron chi connectivity index (χ4n) is 3.07. The summed E-state index contributed by atoms with van der Waals surface area (Å²) in [6.45, 7) is 5.08. The Bertz CT molecular complexity index is 635. The van der Waals surface area contributed by atoms with Crippen LogP contribution < -0.4 is 5.32 Å². The van der Waals surface area contributed by atoms with Gasteiger partial charge in [-0.15, -0.1) is 11.3 Å². The van der Waals surface area contributed by atoms with Crippen LogP contribution in [0.25, 0.3) is 10.6 Å². The van der Waals surface area contributed by atoms with E-state index in [2.05, 4.69) is 22.2 Å². The predicted molar refractivity (Wildman–Crippen MR) is 89.1 cm³/mol. The highest BCUT2D eigenvalue weighted by atomic mass is 32.1. The molecule has 1 fully saturated rings. The molecule has 0 radical (unpaired) electrons. The summed E-state index contributed by atoms with van der Waals surface area (Å²) >= 11 is 1.63. The lowest BCUT2D eigenvalue weighted by atomic mass is 10.2. The summed E-state index contributed by atoms with van der Waals surface area (Å²) in [7, 11) is 1.82. The quantitative estimate of drug-likeness (QED) is 0.921. The van der Waals surface area contributed by atoms with Crippen LogP contribution in [0.1, 0.15) is 30.3 Å². The molecule has 1 unspecified atom stereocenters. The first kappa shape index (κ1) is 15.2. The average Bonchev–Trinajstić information content (AvgIpc) is 3.24. The van der Waals surface area contributed by atoms with Crippen LogP contribution in [0, 0.1) is 0 Å². The summed E-state index contributed by atoms with van der Waals surface area (Å²) < 4.78 is 1.66. The highest BCUT2D eigenvalue weighted by Gasteiger charge is 2.24. The van der Waals surface area contributed by atoms with Crippen molar-refractivity contribution in [1.29, 1.82) is 0 Å². The summed E-state index contributed by atoms with van der Waals surface area (Å²) in [6.07, 6.45) is 2.39. The minimum atomic E-state index is -0.0410. The maximum Gasteiger partial charge on any atom is 0.269 e. The van der Waals surface area contributed by atoms with Crippen molar-refractivity contribution >= 4 is 17.2 Å². The normalized spacial score (nSPS) is 18.7. The van der Waals surface area contributed by atoms with Crippen LogP contribution in [-0.2, 0) is 7.05 Å². The standard InChI is InChI=1S/C16H22N4OS/c1-3-20-8-4-6-12(20)11-17-16(21)14-10-13(18-19(14)2)15-7-5-9-22-15/h5,7,9-10,12H,3-4,6,8,11H2,1-2H3,(H,17,21). The molecule has 0 bridgehead atoms. The first-order valence-corrected chi connectivity index (χ1v) is 8.67. The van der Waals surface area contributed by atoms with Gasteiger partial charge in [0.05, 0.1) is 4.88 Å². The van der Waals surface area contributed by atoms with Crippen LogP contribution in [0.5, 0.6) is 0 Å². The van der Waals surface area contributed by atoms with Crippen molar-refractivity contribution in [2.24, 2.45) is 7.05 Å². The maximum atomic E-state index is 12.4. The van der Waals surface area contributed by atoms with Gasteiger partial charge in [-0.2, -0.15) is 5.10 Å². The average molecular weight is 318 g/mol. The van der Waals surface area contributed by atoms with E-state index in [1.807, 2.05) is 30.6 Å². The number of carbonyl (C=O) groups excluding carboxylic acids is 1. The molecular weight excluding hydrogens is 296 g/mol. The molecule has 1 atom stereocenters. The van der Waals surface area contributed by atoms with Gasteiger partial charge in [-0.25, -0.2) is 0 Å². The summed E-state index contributed by atoms with van der Waals surface area (Å²) in [5.74, 6) is -0.0410. The summed E-state index contributed by atoms with van der Waals surface area (Å²) in [5, 5.41) is 9.52. The lowest BCUT2D eigenvalue weighted by molar-refractivity contribution is 0.0932. The third-order valence-corrected chi connectivity index (χ3v) is 5.18. The largest absolute Gasteiger partial charge is 0.349 e. The van der Waals surface area contributed by atoms with E-state index in [9.17, 15) is 4.79 Å². The number of nitrogens with zero attached hydrogens (tertiary/aromatic N) is 3. The van der Waals surface area contributed by atoms with Crippen molar-refractivity contribution in [3.63, 3.8) is 0 Å². The maximum absolute atomic E-state index is 12.4. The Morgan fingerprint density at radius 1 is 1.55 bits per heavy atom. The molecule has 22 heavy (non-hydrogen) atoms. The fourth-order valence-corrected chi connectivity index (χ4v) is 3.75. The smallest absolute Gasteiger partial charge is 0.269 e. The van der Waals surface area contributed by atoms with E-state index >= 15 is 0 Å². The number of rotatable bonds is 5. The first-order valence-electron chi connectivity index (χ1n) is 7.79. The van der Waals surface area contributed by atoms with Gasteiger partial charge in [0.15, 0.2) is 0 Å². The number of aryl methyl sites for hydroxylation is 1. The van der Waals surface area contributed by atoms with Gasteiger partial charge in [-0.3, -0.25) is 14.4 Å². The number of hydrogen-bond donors (Lipinski definition) is 1. The van der Waals surface area contributed by atoms with Gasteiger partial charge >= 0.3 is 0 Å². The highest BCUT2D eigenvalue weighted by Crippen LogP contribution is 2.24. The third kappa shape index (κ3) is 3.08. The third-order valence-electron chi connectivity index (χ3n) is 4.29. The SMILES string of the molecule is CCN1CCCC1CNC(=O)c1cc(-c2cccs2)nn1C. The van der Waals surface area contributed by atoms with Gasteiger partial charge in [0, 0.05) is 19.6 Å². The molecular formula is C16H22N4OS. The zero-order chi connectivity index (χ0) is 15.5. The van der Waals surface area contributed by atoms with E-state index in [0.717, 1.165) is 23.7 Å². The Hall–Kier alpha value is -1.66. The number of likely N-dealkylation sites (tertiary alicyclic amines) is 1. The molecule has 1 saturated heterocycles. The van der Waals surface area contributed by atoms with Crippen molar-refractivity contribution in [3.05, 3.63) is 29.3 Å². The lowest BCUT2D eigenvalue weighted by Gasteiger charge is -2.22. The second-order valence-electron chi connectivity index (χ2n) is 5.65. The van der Waals surface area contributed by atoms with Gasteiger partial charge in [0.1, 0.15) is 11.4 Å². The van der Waals surface area contributed by atoms with Crippen molar-refractivity contribution < 1.29 is 4.79 Å². The first-order chi connectivity index (χ1) is 10.7. The molecule has 3 rings (SSSR count). The number of likely N-dealkylation sites (N-methyl/N-ethyl adjacent to an activating group) is 1. The van der Waals surface area contributed by atoms with Crippen molar-refractivity contribution in [1.82, 2.24) is 20.0 Å². The van der Waals surface area contributed by atoms with E-state index in [1.165, 1.54) is 12.8 Å². The number of hydrogen-bond acceptors (Lipinski definition) is 4. The fraction of sp³-hybridized carbons (Fsp3) is 0.500. The van der Waals surface area contributed by atoms with Crippen LogP contribution in [0.4, 0.5) is 0 Å². The zero-order valence-electron chi connectivity index (χ0n) is 13.1. The second-order valence-corrected chi connectivity index (χ2v) is 6.60. The van der Waals surface area contributed by atoms with Gasteiger partial charge < -0.3 is 5.32 Å². The minimum Gasteiger partial charge on any atom is -0.349 e. The molecule has 1 aliphatic rings. The van der Waals surface area contributed by atoms with Crippen molar-refractivity contribution in [2.75, 3.05) is 19.6 Å². The van der Waals surface area contributed by atoms with E-state index < -0.39 is 0 Å². The van der Waals surface area contributed by atoms with Gasteiger partial charge in [-0.05, 0) is 43.4 Å². The number of nitrogens with one attached hydrogen (secondary N) is 1. The van der Waals surface area contributed by atoms with Crippen LogP contribution in [0.2, 0.25) is 0 Å². The summed E-state index contributed by atoms with van der Waals surface area (Å²) in [4.78, 5) is 15.9. The van der Waals surface area contributed by atoms with Gasteiger partial charge in [0.25, 0.3) is 5.91 Å². The molecule has 0 aromatic carbocycles. The Morgan fingerprint density at radius 2 is 2.41 bits per heavy atom. The van der Waals surface area contributed by atoms with Gasteiger partial charge in [-0.1, -0.05) is 13.0 Å².